The van der Waals surface area contributed by atoms with Gasteiger partial charge in [0.05, 0.1) is 11.5 Å². The van der Waals surface area contributed by atoms with Crippen LogP contribution in [0.3, 0.4) is 0 Å². The maximum Gasteiger partial charge on any atom is 0.391 e. The van der Waals surface area contributed by atoms with E-state index >= 15 is 0 Å². The van der Waals surface area contributed by atoms with E-state index in [1.807, 2.05) is 0 Å². The standard InChI is InChI=1S/C14H15ClF3NO2/c15-9-3-6-12(20)11(7-9)13(21)19-10-4-1-8(2-5-10)14(16,17)18/h3,6-8,10,20H,1-2,4-5H2,(H,19,21). The molecule has 0 spiro atoms. The number of alkyl halides is 3. The zero-order valence-corrected chi connectivity index (χ0v) is 11.8. The van der Waals surface area contributed by atoms with Crippen molar-refractivity contribution in [3.8, 4) is 5.75 Å². The molecule has 1 fully saturated rings. The average Bonchev–Trinajstić information content (AvgIpc) is 2.41. The molecule has 1 amide bonds. The summed E-state index contributed by atoms with van der Waals surface area (Å²) >= 11 is 5.76. The number of phenolic OH excluding ortho intramolecular Hbond substituents is 1. The molecular weight excluding hydrogens is 307 g/mol. The molecule has 21 heavy (non-hydrogen) atoms. The summed E-state index contributed by atoms with van der Waals surface area (Å²) in [7, 11) is 0. The van der Waals surface area contributed by atoms with Gasteiger partial charge in [-0.25, -0.2) is 0 Å². The average molecular weight is 322 g/mol. The molecule has 0 unspecified atom stereocenters. The lowest BCUT2D eigenvalue weighted by Gasteiger charge is -2.30. The maximum absolute atomic E-state index is 12.6. The fourth-order valence-electron chi connectivity index (χ4n) is 2.52. The quantitative estimate of drug-likeness (QED) is 0.868. The smallest absolute Gasteiger partial charge is 0.391 e. The zero-order valence-electron chi connectivity index (χ0n) is 11.1. The topological polar surface area (TPSA) is 49.3 Å². The molecule has 1 aliphatic carbocycles. The van der Waals surface area contributed by atoms with Gasteiger partial charge in [-0.2, -0.15) is 13.2 Å². The number of hydrogen-bond donors (Lipinski definition) is 2. The number of rotatable bonds is 2. The Bertz CT molecular complexity index is 525. The summed E-state index contributed by atoms with van der Waals surface area (Å²) in [6, 6.07) is 3.77. The lowest BCUT2D eigenvalue weighted by molar-refractivity contribution is -0.182. The van der Waals surface area contributed by atoms with Crippen molar-refractivity contribution in [3.63, 3.8) is 0 Å². The summed E-state index contributed by atoms with van der Waals surface area (Å²) in [5.74, 6) is -2.02. The first-order valence-corrected chi connectivity index (χ1v) is 7.01. The number of phenols is 1. The van der Waals surface area contributed by atoms with Crippen LogP contribution in [-0.2, 0) is 0 Å². The zero-order chi connectivity index (χ0) is 15.6. The number of amides is 1. The van der Waals surface area contributed by atoms with E-state index in [9.17, 15) is 23.1 Å². The predicted molar refractivity (Wildman–Crippen MR) is 72.4 cm³/mol. The van der Waals surface area contributed by atoms with E-state index in [1.54, 1.807) is 0 Å². The summed E-state index contributed by atoms with van der Waals surface area (Å²) in [5.41, 5.74) is 0.0282. The highest BCUT2D eigenvalue weighted by molar-refractivity contribution is 6.31. The number of aromatic hydroxyl groups is 1. The number of carbonyl (C=O) groups is 1. The second-order valence-electron chi connectivity index (χ2n) is 5.23. The third-order valence-electron chi connectivity index (χ3n) is 3.73. The lowest BCUT2D eigenvalue weighted by atomic mass is 9.85. The number of benzene rings is 1. The summed E-state index contributed by atoms with van der Waals surface area (Å²) < 4.78 is 37.7. The lowest BCUT2D eigenvalue weighted by Crippen LogP contribution is -2.40. The Kier molecular flexibility index (Phi) is 4.66. The molecule has 1 saturated carbocycles. The van der Waals surface area contributed by atoms with E-state index in [4.69, 9.17) is 11.6 Å². The molecule has 0 atom stereocenters. The molecule has 1 aliphatic rings. The van der Waals surface area contributed by atoms with Crippen molar-refractivity contribution in [2.75, 3.05) is 0 Å². The highest BCUT2D eigenvalue weighted by Gasteiger charge is 2.41. The molecule has 1 aromatic carbocycles. The molecule has 0 aromatic heterocycles. The highest BCUT2D eigenvalue weighted by atomic mass is 35.5. The molecular formula is C14H15ClF3NO2. The van der Waals surface area contributed by atoms with Gasteiger partial charge in [0.1, 0.15) is 5.75 Å². The van der Waals surface area contributed by atoms with Crippen molar-refractivity contribution >= 4 is 17.5 Å². The minimum atomic E-state index is -4.17. The van der Waals surface area contributed by atoms with Crippen LogP contribution in [0.15, 0.2) is 18.2 Å². The summed E-state index contributed by atoms with van der Waals surface area (Å²) in [4.78, 5) is 12.0. The minimum Gasteiger partial charge on any atom is -0.507 e. The van der Waals surface area contributed by atoms with Gasteiger partial charge in [-0.05, 0) is 43.9 Å². The number of carbonyl (C=O) groups excluding carboxylic acids is 1. The van der Waals surface area contributed by atoms with Gasteiger partial charge < -0.3 is 10.4 Å². The Morgan fingerprint density at radius 1 is 1.24 bits per heavy atom. The van der Waals surface area contributed by atoms with Crippen LogP contribution in [-0.4, -0.2) is 23.2 Å². The monoisotopic (exact) mass is 321 g/mol. The SMILES string of the molecule is O=C(NC1CCC(C(F)(F)F)CC1)c1cc(Cl)ccc1O. The van der Waals surface area contributed by atoms with Gasteiger partial charge >= 0.3 is 6.18 Å². The first-order chi connectivity index (χ1) is 9.77. The normalized spacial score (nSPS) is 22.9. The van der Waals surface area contributed by atoms with Crippen LogP contribution in [0.2, 0.25) is 5.02 Å². The van der Waals surface area contributed by atoms with E-state index in [-0.39, 0.29) is 43.0 Å². The molecule has 2 N–H and O–H groups in total. The highest BCUT2D eigenvalue weighted by Crippen LogP contribution is 2.37. The van der Waals surface area contributed by atoms with E-state index in [0.717, 1.165) is 0 Å². The van der Waals surface area contributed by atoms with Gasteiger partial charge in [0.2, 0.25) is 0 Å². The van der Waals surface area contributed by atoms with E-state index in [0.29, 0.717) is 5.02 Å². The molecule has 116 valence electrons. The van der Waals surface area contributed by atoms with Gasteiger partial charge in [-0.15, -0.1) is 0 Å². The molecule has 1 aromatic rings. The second kappa shape index (κ2) is 6.13. The van der Waals surface area contributed by atoms with Gasteiger partial charge in [0, 0.05) is 11.1 Å². The molecule has 0 heterocycles. The van der Waals surface area contributed by atoms with Crippen LogP contribution in [0.5, 0.6) is 5.75 Å². The molecule has 0 radical (unpaired) electrons. The van der Waals surface area contributed by atoms with Crippen LogP contribution in [0.1, 0.15) is 36.0 Å². The molecule has 7 heteroatoms. The van der Waals surface area contributed by atoms with Gasteiger partial charge in [-0.3, -0.25) is 4.79 Å². The van der Waals surface area contributed by atoms with Crippen molar-refractivity contribution in [1.82, 2.24) is 5.32 Å². The fourth-order valence-corrected chi connectivity index (χ4v) is 2.69. The third-order valence-corrected chi connectivity index (χ3v) is 3.96. The first kappa shape index (κ1) is 15.9. The molecule has 2 rings (SSSR count). The van der Waals surface area contributed by atoms with Gasteiger partial charge in [0.25, 0.3) is 5.91 Å². The Hall–Kier alpha value is -1.43. The van der Waals surface area contributed by atoms with Crippen LogP contribution < -0.4 is 5.32 Å². The van der Waals surface area contributed by atoms with Crippen LogP contribution in [0, 0.1) is 5.92 Å². The summed E-state index contributed by atoms with van der Waals surface area (Å²) in [5, 5.41) is 12.6. The minimum absolute atomic E-state index is 0.00990. The van der Waals surface area contributed by atoms with Gasteiger partial charge in [0.15, 0.2) is 0 Å². The number of halogens is 4. The molecule has 0 aliphatic heterocycles. The summed E-state index contributed by atoms with van der Waals surface area (Å²) in [6.07, 6.45) is -3.60. The predicted octanol–water partition coefficient (Wildman–Crippen LogP) is 3.90. The fraction of sp³-hybridized carbons (Fsp3) is 0.500. The molecule has 0 bridgehead atoms. The second-order valence-corrected chi connectivity index (χ2v) is 5.66. The summed E-state index contributed by atoms with van der Waals surface area (Å²) in [6.45, 7) is 0. The van der Waals surface area contributed by atoms with E-state index < -0.39 is 18.0 Å². The van der Waals surface area contributed by atoms with E-state index in [1.165, 1.54) is 18.2 Å². The third kappa shape index (κ3) is 4.03. The largest absolute Gasteiger partial charge is 0.507 e. The number of nitrogens with one attached hydrogen (secondary N) is 1. The van der Waals surface area contributed by atoms with Crippen LogP contribution in [0.25, 0.3) is 0 Å². The van der Waals surface area contributed by atoms with E-state index in [2.05, 4.69) is 5.32 Å². The van der Waals surface area contributed by atoms with Crippen molar-refractivity contribution in [2.45, 2.75) is 37.9 Å². The van der Waals surface area contributed by atoms with Crippen LogP contribution in [0.4, 0.5) is 13.2 Å². The maximum atomic E-state index is 12.6. The number of hydrogen-bond acceptors (Lipinski definition) is 2. The Morgan fingerprint density at radius 2 is 1.86 bits per heavy atom. The van der Waals surface area contributed by atoms with Crippen molar-refractivity contribution in [1.29, 1.82) is 0 Å². The Labute approximate surface area is 125 Å². The molecule has 3 nitrogen and oxygen atoms in total. The van der Waals surface area contributed by atoms with Crippen molar-refractivity contribution < 1.29 is 23.1 Å². The van der Waals surface area contributed by atoms with Crippen LogP contribution >= 0.6 is 11.6 Å². The Morgan fingerprint density at radius 3 is 2.43 bits per heavy atom. The van der Waals surface area contributed by atoms with Gasteiger partial charge in [-0.1, -0.05) is 11.6 Å². The Balaban J connectivity index is 1.94. The van der Waals surface area contributed by atoms with Crippen molar-refractivity contribution in [3.05, 3.63) is 28.8 Å². The first-order valence-electron chi connectivity index (χ1n) is 6.63. The molecule has 0 saturated heterocycles. The van der Waals surface area contributed by atoms with Crippen molar-refractivity contribution in [2.24, 2.45) is 5.92 Å².